The van der Waals surface area contributed by atoms with Crippen LogP contribution in [0, 0.1) is 0 Å². The normalized spacial score (nSPS) is 11.3. The number of carbonyl (C=O) groups is 1. The van der Waals surface area contributed by atoms with Crippen LogP contribution in [-0.2, 0) is 4.79 Å². The van der Waals surface area contributed by atoms with Crippen molar-refractivity contribution in [1.29, 1.82) is 0 Å². The van der Waals surface area contributed by atoms with Gasteiger partial charge in [0.15, 0.2) is 0 Å². The molecule has 4 nitrogen and oxygen atoms in total. The molecule has 0 aliphatic carbocycles. The van der Waals surface area contributed by atoms with Gasteiger partial charge in [-0.3, -0.25) is 4.79 Å². The second-order valence-corrected chi connectivity index (χ2v) is 4.76. The van der Waals surface area contributed by atoms with Crippen molar-refractivity contribution in [2.75, 3.05) is 37.4 Å². The van der Waals surface area contributed by atoms with Crippen molar-refractivity contribution in [1.82, 2.24) is 5.32 Å². The Hall–Kier alpha value is -1.47. The number of halogens is 4. The minimum atomic E-state index is -4.34. The summed E-state index contributed by atoms with van der Waals surface area (Å²) in [7, 11) is 3.56. The van der Waals surface area contributed by atoms with Crippen LogP contribution in [0.1, 0.15) is 0 Å². The second-order valence-electron chi connectivity index (χ2n) is 4.32. The molecule has 1 amide bonds. The summed E-state index contributed by atoms with van der Waals surface area (Å²) in [6, 6.07) is 4.91. The zero-order valence-electron chi connectivity index (χ0n) is 11.0. The van der Waals surface area contributed by atoms with Crippen LogP contribution in [0.5, 0.6) is 0 Å². The first-order valence-corrected chi connectivity index (χ1v) is 6.11. The van der Waals surface area contributed by atoms with Gasteiger partial charge in [-0.1, -0.05) is 11.6 Å². The van der Waals surface area contributed by atoms with Crippen LogP contribution in [-0.4, -0.2) is 39.3 Å². The van der Waals surface area contributed by atoms with Gasteiger partial charge in [-0.2, -0.15) is 13.2 Å². The van der Waals surface area contributed by atoms with Gasteiger partial charge in [0.05, 0.1) is 24.5 Å². The predicted molar refractivity (Wildman–Crippen MR) is 73.3 cm³/mol. The maximum absolute atomic E-state index is 11.9. The lowest BCUT2D eigenvalue weighted by molar-refractivity contribution is -0.126. The zero-order chi connectivity index (χ0) is 15.3. The van der Waals surface area contributed by atoms with Crippen molar-refractivity contribution in [2.45, 2.75) is 6.18 Å². The summed E-state index contributed by atoms with van der Waals surface area (Å²) >= 11 is 5.83. The van der Waals surface area contributed by atoms with E-state index in [9.17, 15) is 18.0 Å². The molecule has 0 unspecified atom stereocenters. The summed E-state index contributed by atoms with van der Waals surface area (Å²) < 4.78 is 35.8. The van der Waals surface area contributed by atoms with Gasteiger partial charge in [-0.25, -0.2) is 0 Å². The van der Waals surface area contributed by atoms with Crippen molar-refractivity contribution < 1.29 is 18.0 Å². The topological polar surface area (TPSA) is 44.4 Å². The van der Waals surface area contributed by atoms with Gasteiger partial charge in [0.2, 0.25) is 5.91 Å². The van der Waals surface area contributed by atoms with E-state index in [1.165, 1.54) is 0 Å². The van der Waals surface area contributed by atoms with E-state index in [1.54, 1.807) is 37.2 Å². The van der Waals surface area contributed by atoms with Crippen LogP contribution in [0.25, 0.3) is 0 Å². The summed E-state index contributed by atoms with van der Waals surface area (Å²) in [5.74, 6) is -0.570. The number of nitrogens with one attached hydrogen (secondary N) is 2. The van der Waals surface area contributed by atoms with Gasteiger partial charge in [-0.05, 0) is 18.2 Å². The van der Waals surface area contributed by atoms with Crippen molar-refractivity contribution >= 4 is 28.9 Å². The molecule has 1 aromatic rings. The van der Waals surface area contributed by atoms with Crippen molar-refractivity contribution in [3.05, 3.63) is 23.2 Å². The standard InChI is InChI=1S/C12H15ClF3N3O/c1-19(2)10-4-3-8(13)5-9(10)18-11(20)6-17-7-12(14,15)16/h3-5,17H,6-7H2,1-2H3,(H,18,20). The van der Waals surface area contributed by atoms with Crippen LogP contribution < -0.4 is 15.5 Å². The molecule has 0 aromatic heterocycles. The molecule has 0 heterocycles. The lowest BCUT2D eigenvalue weighted by Gasteiger charge is -2.18. The Morgan fingerprint density at radius 2 is 2.00 bits per heavy atom. The molecule has 0 aliphatic heterocycles. The van der Waals surface area contributed by atoms with Crippen molar-refractivity contribution in [3.63, 3.8) is 0 Å². The Morgan fingerprint density at radius 1 is 1.35 bits per heavy atom. The molecule has 0 radical (unpaired) electrons. The van der Waals surface area contributed by atoms with Gasteiger partial charge in [0.25, 0.3) is 0 Å². The van der Waals surface area contributed by atoms with Crippen molar-refractivity contribution in [3.8, 4) is 0 Å². The van der Waals surface area contributed by atoms with Crippen LogP contribution in [0.3, 0.4) is 0 Å². The molecule has 0 saturated heterocycles. The fourth-order valence-corrected chi connectivity index (χ4v) is 1.68. The Labute approximate surface area is 119 Å². The lowest BCUT2D eigenvalue weighted by atomic mass is 10.2. The summed E-state index contributed by atoms with van der Waals surface area (Å²) in [4.78, 5) is 13.3. The van der Waals surface area contributed by atoms with Crippen LogP contribution in [0.15, 0.2) is 18.2 Å². The molecule has 0 aliphatic rings. The molecule has 0 spiro atoms. The average molecular weight is 310 g/mol. The first kappa shape index (κ1) is 16.6. The fraction of sp³-hybridized carbons (Fsp3) is 0.417. The SMILES string of the molecule is CN(C)c1ccc(Cl)cc1NC(=O)CNCC(F)(F)F. The van der Waals surface area contributed by atoms with E-state index in [1.807, 2.05) is 5.32 Å². The highest BCUT2D eigenvalue weighted by atomic mass is 35.5. The number of benzene rings is 1. The van der Waals surface area contributed by atoms with E-state index in [0.717, 1.165) is 0 Å². The number of hydrogen-bond donors (Lipinski definition) is 2. The average Bonchev–Trinajstić information content (AvgIpc) is 2.26. The van der Waals surface area contributed by atoms with Gasteiger partial charge < -0.3 is 15.5 Å². The number of alkyl halides is 3. The second kappa shape index (κ2) is 6.81. The monoisotopic (exact) mass is 309 g/mol. The molecule has 1 aromatic carbocycles. The summed E-state index contributed by atoms with van der Waals surface area (Å²) in [5, 5.41) is 4.97. The lowest BCUT2D eigenvalue weighted by Crippen LogP contribution is -2.35. The summed E-state index contributed by atoms with van der Waals surface area (Å²) in [6.45, 7) is -1.64. The Kier molecular flexibility index (Phi) is 5.64. The molecule has 0 bridgehead atoms. The third kappa shape index (κ3) is 5.66. The summed E-state index contributed by atoms with van der Waals surface area (Å²) in [6.07, 6.45) is -4.34. The molecular formula is C12H15ClF3N3O. The Morgan fingerprint density at radius 3 is 2.55 bits per heavy atom. The summed E-state index contributed by atoms with van der Waals surface area (Å²) in [5.41, 5.74) is 1.15. The first-order valence-electron chi connectivity index (χ1n) is 5.73. The molecule has 2 N–H and O–H groups in total. The Bertz CT molecular complexity index is 478. The molecule has 0 saturated carbocycles. The van der Waals surface area contributed by atoms with E-state index in [2.05, 4.69) is 5.32 Å². The van der Waals surface area contributed by atoms with Gasteiger partial charge in [0.1, 0.15) is 0 Å². The van der Waals surface area contributed by atoms with Crippen LogP contribution in [0.2, 0.25) is 5.02 Å². The zero-order valence-corrected chi connectivity index (χ0v) is 11.8. The minimum Gasteiger partial charge on any atom is -0.376 e. The van der Waals surface area contributed by atoms with Crippen molar-refractivity contribution in [2.24, 2.45) is 0 Å². The largest absolute Gasteiger partial charge is 0.401 e. The smallest absolute Gasteiger partial charge is 0.376 e. The highest BCUT2D eigenvalue weighted by Crippen LogP contribution is 2.27. The van der Waals surface area contributed by atoms with Crippen LogP contribution in [0.4, 0.5) is 24.5 Å². The quantitative estimate of drug-likeness (QED) is 0.878. The number of anilines is 2. The number of rotatable bonds is 5. The predicted octanol–water partition coefficient (Wildman–Crippen LogP) is 2.50. The van der Waals surface area contributed by atoms with E-state index >= 15 is 0 Å². The molecule has 112 valence electrons. The van der Waals surface area contributed by atoms with Gasteiger partial charge in [-0.15, -0.1) is 0 Å². The number of amides is 1. The maximum atomic E-state index is 11.9. The molecule has 1 rings (SSSR count). The van der Waals surface area contributed by atoms with E-state index in [0.29, 0.717) is 16.4 Å². The highest BCUT2D eigenvalue weighted by molar-refractivity contribution is 6.31. The van der Waals surface area contributed by atoms with Gasteiger partial charge >= 0.3 is 6.18 Å². The third-order valence-corrected chi connectivity index (χ3v) is 2.56. The third-order valence-electron chi connectivity index (χ3n) is 2.33. The number of nitrogens with zero attached hydrogens (tertiary/aromatic N) is 1. The maximum Gasteiger partial charge on any atom is 0.401 e. The van der Waals surface area contributed by atoms with Gasteiger partial charge in [0, 0.05) is 19.1 Å². The van der Waals surface area contributed by atoms with Crippen LogP contribution >= 0.6 is 11.6 Å². The number of carbonyl (C=O) groups excluding carboxylic acids is 1. The van der Waals surface area contributed by atoms with E-state index in [-0.39, 0.29) is 0 Å². The molecule has 0 fully saturated rings. The van der Waals surface area contributed by atoms with E-state index < -0.39 is 25.2 Å². The Balaban J connectivity index is 2.64. The fourth-order valence-electron chi connectivity index (χ4n) is 1.51. The first-order chi connectivity index (χ1) is 9.19. The molecular weight excluding hydrogens is 295 g/mol. The molecule has 0 atom stereocenters. The minimum absolute atomic E-state index is 0.425. The molecule has 8 heteroatoms. The number of hydrogen-bond acceptors (Lipinski definition) is 3. The van der Waals surface area contributed by atoms with E-state index in [4.69, 9.17) is 11.6 Å². The molecule has 20 heavy (non-hydrogen) atoms. The highest BCUT2D eigenvalue weighted by Gasteiger charge is 2.26.